The second-order valence-electron chi connectivity index (χ2n) is 2.74. The van der Waals surface area contributed by atoms with Crippen LogP contribution in [-0.4, -0.2) is 23.7 Å². The van der Waals surface area contributed by atoms with E-state index in [0.717, 1.165) is 0 Å². The minimum atomic E-state index is -1.03. The molecule has 4 heteroatoms. The van der Waals surface area contributed by atoms with Crippen LogP contribution in [0.2, 0.25) is 0 Å². The van der Waals surface area contributed by atoms with Crippen LogP contribution in [0.1, 0.15) is 20.8 Å². The number of Topliss-reactive ketones (excluding diaryl/α,β-unsaturated/α-hetero) is 1. The van der Waals surface area contributed by atoms with Crippen molar-refractivity contribution in [3.63, 3.8) is 0 Å². The Bertz CT molecular complexity index is 191. The zero-order chi connectivity index (χ0) is 9.78. The van der Waals surface area contributed by atoms with Gasteiger partial charge in [-0.3, -0.25) is 9.59 Å². The Morgan fingerprint density at radius 3 is 2.25 bits per heavy atom. The Balaban J connectivity index is 4.52. The zero-order valence-corrected chi connectivity index (χ0v) is 9.10. The van der Waals surface area contributed by atoms with Crippen LogP contribution >= 0.6 is 15.9 Å². The highest BCUT2D eigenvalue weighted by molar-refractivity contribution is 9.09. The van der Waals surface area contributed by atoms with Crippen molar-refractivity contribution in [1.82, 2.24) is 0 Å². The monoisotopic (exact) mass is 236 g/mol. The van der Waals surface area contributed by atoms with Crippen molar-refractivity contribution in [2.75, 3.05) is 11.9 Å². The van der Waals surface area contributed by atoms with Crippen molar-refractivity contribution in [1.29, 1.82) is 0 Å². The van der Waals surface area contributed by atoms with E-state index in [1.807, 2.05) is 0 Å². The molecule has 0 aromatic rings. The zero-order valence-electron chi connectivity index (χ0n) is 7.52. The summed E-state index contributed by atoms with van der Waals surface area (Å²) in [5.41, 5.74) is -1.03. The first-order valence-corrected chi connectivity index (χ1v) is 4.85. The molecule has 0 aromatic carbocycles. The van der Waals surface area contributed by atoms with Crippen LogP contribution < -0.4 is 0 Å². The molecule has 0 bridgehead atoms. The van der Waals surface area contributed by atoms with Crippen molar-refractivity contribution in [3.05, 3.63) is 0 Å². The highest BCUT2D eigenvalue weighted by Gasteiger charge is 2.38. The lowest BCUT2D eigenvalue weighted by Crippen LogP contribution is -2.38. The maximum atomic E-state index is 11.3. The van der Waals surface area contributed by atoms with Gasteiger partial charge in [0.1, 0.15) is 11.2 Å². The maximum absolute atomic E-state index is 11.3. The molecule has 0 aromatic heterocycles. The van der Waals surface area contributed by atoms with Gasteiger partial charge < -0.3 is 4.74 Å². The topological polar surface area (TPSA) is 43.4 Å². The summed E-state index contributed by atoms with van der Waals surface area (Å²) in [6, 6.07) is 0. The molecule has 0 aliphatic carbocycles. The number of ketones is 1. The van der Waals surface area contributed by atoms with Crippen molar-refractivity contribution in [2.45, 2.75) is 20.8 Å². The van der Waals surface area contributed by atoms with Gasteiger partial charge in [-0.15, -0.1) is 0 Å². The Morgan fingerprint density at radius 1 is 1.50 bits per heavy atom. The summed E-state index contributed by atoms with van der Waals surface area (Å²) < 4.78 is 4.77. The number of rotatable bonds is 4. The fourth-order valence-corrected chi connectivity index (χ4v) is 1.21. The fourth-order valence-electron chi connectivity index (χ4n) is 0.583. The van der Waals surface area contributed by atoms with E-state index in [0.29, 0.717) is 11.9 Å². The summed E-state index contributed by atoms with van der Waals surface area (Å²) in [4.78, 5) is 22.3. The molecule has 0 saturated carbocycles. The average Bonchev–Trinajstić information content (AvgIpc) is 2.03. The first-order valence-electron chi connectivity index (χ1n) is 3.73. The van der Waals surface area contributed by atoms with E-state index in [4.69, 9.17) is 4.74 Å². The minimum Gasteiger partial charge on any atom is -0.465 e. The number of hydrogen-bond acceptors (Lipinski definition) is 3. The van der Waals surface area contributed by atoms with Crippen LogP contribution in [0, 0.1) is 5.41 Å². The minimum absolute atomic E-state index is 0.183. The van der Waals surface area contributed by atoms with E-state index < -0.39 is 11.4 Å². The summed E-state index contributed by atoms with van der Waals surface area (Å²) in [5.74, 6) is -0.646. The number of alkyl halides is 1. The molecule has 0 rings (SSSR count). The maximum Gasteiger partial charge on any atom is 0.320 e. The SMILES string of the molecule is CCOC(=O)C(C)(CBr)C(C)=O. The van der Waals surface area contributed by atoms with Crippen LogP contribution in [0.4, 0.5) is 0 Å². The van der Waals surface area contributed by atoms with Crippen LogP contribution in [0.3, 0.4) is 0 Å². The largest absolute Gasteiger partial charge is 0.465 e. The predicted molar refractivity (Wildman–Crippen MR) is 49.2 cm³/mol. The number of halogens is 1. The van der Waals surface area contributed by atoms with Crippen molar-refractivity contribution < 1.29 is 14.3 Å². The van der Waals surface area contributed by atoms with Crippen molar-refractivity contribution in [2.24, 2.45) is 5.41 Å². The molecule has 0 aliphatic rings. The first-order chi connectivity index (χ1) is 5.49. The molecule has 0 radical (unpaired) electrons. The lowest BCUT2D eigenvalue weighted by atomic mass is 9.89. The molecule has 3 nitrogen and oxygen atoms in total. The fraction of sp³-hybridized carbons (Fsp3) is 0.750. The van der Waals surface area contributed by atoms with Gasteiger partial charge in [0.05, 0.1) is 6.61 Å². The standard InChI is InChI=1S/C8H13BrO3/c1-4-12-7(11)8(3,5-9)6(2)10/h4-5H2,1-3H3. The second-order valence-corrected chi connectivity index (χ2v) is 3.30. The van der Waals surface area contributed by atoms with Gasteiger partial charge in [0, 0.05) is 5.33 Å². The Labute approximate surface area is 80.6 Å². The Hall–Kier alpha value is -0.380. The Kier molecular flexibility index (Phi) is 4.45. The van der Waals surface area contributed by atoms with Crippen LogP contribution in [0.25, 0.3) is 0 Å². The molecular weight excluding hydrogens is 224 g/mol. The van der Waals surface area contributed by atoms with E-state index in [1.165, 1.54) is 6.92 Å². The van der Waals surface area contributed by atoms with E-state index in [9.17, 15) is 9.59 Å². The van der Waals surface area contributed by atoms with E-state index in [1.54, 1.807) is 13.8 Å². The number of esters is 1. The summed E-state index contributed by atoms with van der Waals surface area (Å²) in [6.45, 7) is 4.97. The predicted octanol–water partition coefficient (Wildman–Crippen LogP) is 1.54. The van der Waals surface area contributed by atoms with Crippen molar-refractivity contribution >= 4 is 27.7 Å². The molecule has 0 amide bonds. The van der Waals surface area contributed by atoms with Crippen LogP contribution in [-0.2, 0) is 14.3 Å². The molecule has 0 spiro atoms. The van der Waals surface area contributed by atoms with E-state index in [-0.39, 0.29) is 5.78 Å². The lowest BCUT2D eigenvalue weighted by Gasteiger charge is -2.20. The smallest absolute Gasteiger partial charge is 0.320 e. The molecule has 0 heterocycles. The Morgan fingerprint density at radius 2 is 2.00 bits per heavy atom. The third-order valence-corrected chi connectivity index (χ3v) is 2.89. The van der Waals surface area contributed by atoms with Gasteiger partial charge in [0.15, 0.2) is 0 Å². The molecule has 1 unspecified atom stereocenters. The van der Waals surface area contributed by atoms with Crippen LogP contribution in [0.5, 0.6) is 0 Å². The van der Waals surface area contributed by atoms with E-state index >= 15 is 0 Å². The highest BCUT2D eigenvalue weighted by atomic mass is 79.9. The summed E-state index contributed by atoms with van der Waals surface area (Å²) in [7, 11) is 0. The summed E-state index contributed by atoms with van der Waals surface area (Å²) in [6.07, 6.45) is 0. The molecule has 12 heavy (non-hydrogen) atoms. The quantitative estimate of drug-likeness (QED) is 0.423. The molecular formula is C8H13BrO3. The van der Waals surface area contributed by atoms with E-state index in [2.05, 4.69) is 15.9 Å². The third-order valence-electron chi connectivity index (χ3n) is 1.77. The molecule has 70 valence electrons. The third kappa shape index (κ3) is 2.30. The first kappa shape index (κ1) is 11.6. The van der Waals surface area contributed by atoms with Gasteiger partial charge >= 0.3 is 5.97 Å². The number of carbonyl (C=O) groups excluding carboxylic acids is 2. The van der Waals surface area contributed by atoms with Gasteiger partial charge in [-0.2, -0.15) is 0 Å². The number of hydrogen-bond donors (Lipinski definition) is 0. The molecule has 0 aliphatic heterocycles. The van der Waals surface area contributed by atoms with Crippen LogP contribution in [0.15, 0.2) is 0 Å². The van der Waals surface area contributed by atoms with Gasteiger partial charge in [-0.05, 0) is 20.8 Å². The highest BCUT2D eigenvalue weighted by Crippen LogP contribution is 2.22. The summed E-state index contributed by atoms with van der Waals surface area (Å²) in [5, 5.41) is 0.300. The van der Waals surface area contributed by atoms with Gasteiger partial charge in [-0.1, -0.05) is 15.9 Å². The molecule has 1 atom stereocenters. The summed E-state index contributed by atoms with van der Waals surface area (Å²) >= 11 is 3.12. The number of carbonyl (C=O) groups is 2. The van der Waals surface area contributed by atoms with Gasteiger partial charge in [-0.25, -0.2) is 0 Å². The number of ether oxygens (including phenoxy) is 1. The van der Waals surface area contributed by atoms with Crippen molar-refractivity contribution in [3.8, 4) is 0 Å². The van der Waals surface area contributed by atoms with Gasteiger partial charge in [0.2, 0.25) is 0 Å². The average molecular weight is 237 g/mol. The lowest BCUT2D eigenvalue weighted by molar-refractivity contribution is -0.156. The molecule has 0 fully saturated rings. The van der Waals surface area contributed by atoms with Gasteiger partial charge in [0.25, 0.3) is 0 Å². The molecule has 0 N–H and O–H groups in total. The molecule has 0 saturated heterocycles. The normalized spacial score (nSPS) is 15.0. The second kappa shape index (κ2) is 4.60.